The number of rotatable bonds is 11. The lowest BCUT2D eigenvalue weighted by Crippen LogP contribution is -2.41. The number of anilines is 2. The third-order valence-corrected chi connectivity index (χ3v) is 5.63. The Morgan fingerprint density at radius 2 is 1.80 bits per heavy atom. The molecule has 3 N–H and O–H groups in total. The number of methoxy groups -OCH3 is 1. The Labute approximate surface area is 204 Å². The number of ether oxygens (including phenoxy) is 2. The van der Waals surface area contributed by atoms with Crippen molar-refractivity contribution in [1.82, 2.24) is 9.55 Å². The molecule has 2 aromatic carbocycles. The largest absolute Gasteiger partial charge is 0.496 e. The Balaban J connectivity index is 2.05. The number of nitrogen functional groups attached to an aromatic ring is 1. The van der Waals surface area contributed by atoms with Crippen molar-refractivity contribution in [2.24, 2.45) is 0 Å². The van der Waals surface area contributed by atoms with Gasteiger partial charge >= 0.3 is 5.69 Å². The zero-order chi connectivity index (χ0) is 25.4. The molecule has 3 aromatic rings. The Morgan fingerprint density at radius 3 is 2.46 bits per heavy atom. The lowest BCUT2D eigenvalue weighted by Gasteiger charge is -2.25. The van der Waals surface area contributed by atoms with Gasteiger partial charge in [-0.15, -0.1) is 0 Å². The van der Waals surface area contributed by atoms with Crippen LogP contribution in [0.5, 0.6) is 11.5 Å². The van der Waals surface area contributed by atoms with Gasteiger partial charge in [-0.1, -0.05) is 43.7 Å². The Bertz CT molecular complexity index is 1260. The second kappa shape index (κ2) is 11.9. The molecular weight excluding hydrogens is 448 g/mol. The van der Waals surface area contributed by atoms with Crippen LogP contribution in [0.15, 0.2) is 58.1 Å². The molecule has 1 heterocycles. The van der Waals surface area contributed by atoms with Gasteiger partial charge in [0.25, 0.3) is 5.56 Å². The first-order valence-electron chi connectivity index (χ1n) is 11.7. The van der Waals surface area contributed by atoms with Crippen LogP contribution in [-0.2, 0) is 24.3 Å². The van der Waals surface area contributed by atoms with Crippen molar-refractivity contribution in [1.29, 1.82) is 0 Å². The van der Waals surface area contributed by atoms with Gasteiger partial charge in [0.15, 0.2) is 5.69 Å². The molecule has 0 saturated heterocycles. The minimum atomic E-state index is -0.713. The molecule has 0 aliphatic rings. The summed E-state index contributed by atoms with van der Waals surface area (Å²) in [5.74, 6) is 0.888. The Kier molecular flexibility index (Phi) is 8.72. The van der Waals surface area contributed by atoms with Crippen molar-refractivity contribution in [3.63, 3.8) is 0 Å². The normalized spacial score (nSPS) is 10.7. The minimum Gasteiger partial charge on any atom is -0.496 e. The molecule has 1 amide bonds. The summed E-state index contributed by atoms with van der Waals surface area (Å²) >= 11 is 0. The molecule has 0 aliphatic heterocycles. The van der Waals surface area contributed by atoms with E-state index in [-0.39, 0.29) is 30.4 Å². The van der Waals surface area contributed by atoms with Crippen molar-refractivity contribution in [2.45, 2.75) is 46.2 Å². The van der Waals surface area contributed by atoms with Crippen molar-refractivity contribution in [3.8, 4) is 11.5 Å². The summed E-state index contributed by atoms with van der Waals surface area (Å²) in [6.45, 7) is 4.80. The third kappa shape index (κ3) is 6.11. The van der Waals surface area contributed by atoms with Crippen LogP contribution in [0.1, 0.15) is 37.8 Å². The SMILES string of the molecule is CCCCn1c(N)c(N(Cc2ccccc2OC)C(=O)Cc2ccc(OCC)cc2)c(=O)[nH]c1=O. The van der Waals surface area contributed by atoms with Crippen LogP contribution >= 0.6 is 0 Å². The van der Waals surface area contributed by atoms with Crippen LogP contribution in [0.2, 0.25) is 0 Å². The number of hydrogen-bond acceptors (Lipinski definition) is 6. The van der Waals surface area contributed by atoms with Gasteiger partial charge in [0.2, 0.25) is 5.91 Å². The van der Waals surface area contributed by atoms with Crippen molar-refractivity contribution in [3.05, 3.63) is 80.5 Å². The molecule has 9 heteroatoms. The number of benzene rings is 2. The van der Waals surface area contributed by atoms with Gasteiger partial charge in [-0.3, -0.25) is 24.0 Å². The molecule has 1 aromatic heterocycles. The van der Waals surface area contributed by atoms with E-state index in [1.54, 1.807) is 30.3 Å². The highest BCUT2D eigenvalue weighted by atomic mass is 16.5. The highest BCUT2D eigenvalue weighted by Gasteiger charge is 2.25. The number of unbranched alkanes of at least 4 members (excludes halogenated alkanes) is 1. The van der Waals surface area contributed by atoms with Gasteiger partial charge in [-0.05, 0) is 37.1 Å². The monoisotopic (exact) mass is 480 g/mol. The fourth-order valence-corrected chi connectivity index (χ4v) is 3.81. The number of H-pyrrole nitrogens is 1. The second-order valence-electron chi connectivity index (χ2n) is 8.04. The number of aromatic nitrogens is 2. The van der Waals surface area contributed by atoms with E-state index in [0.717, 1.165) is 12.0 Å². The predicted molar refractivity (Wildman–Crippen MR) is 136 cm³/mol. The minimum absolute atomic E-state index is 0.0223. The van der Waals surface area contributed by atoms with Gasteiger partial charge in [0.05, 0.1) is 26.7 Å². The fourth-order valence-electron chi connectivity index (χ4n) is 3.81. The molecule has 9 nitrogen and oxygen atoms in total. The molecular formula is C26H32N4O5. The number of nitrogens with two attached hydrogens (primary N) is 1. The number of carbonyl (C=O) groups is 1. The summed E-state index contributed by atoms with van der Waals surface area (Å²) < 4.78 is 12.2. The molecule has 0 fully saturated rings. The molecule has 0 unspecified atom stereocenters. The first-order valence-corrected chi connectivity index (χ1v) is 11.7. The van der Waals surface area contributed by atoms with Crippen LogP contribution in [0, 0.1) is 0 Å². The average Bonchev–Trinajstić information content (AvgIpc) is 2.84. The van der Waals surface area contributed by atoms with Gasteiger partial charge in [-0.25, -0.2) is 4.79 Å². The molecule has 35 heavy (non-hydrogen) atoms. The van der Waals surface area contributed by atoms with Crippen LogP contribution in [-0.4, -0.2) is 29.2 Å². The molecule has 0 saturated carbocycles. The first-order chi connectivity index (χ1) is 16.9. The number of nitrogens with zero attached hydrogens (tertiary/aromatic N) is 2. The molecule has 0 aliphatic carbocycles. The summed E-state index contributed by atoms with van der Waals surface area (Å²) in [4.78, 5) is 42.6. The predicted octanol–water partition coefficient (Wildman–Crippen LogP) is 3.10. The number of nitrogens with one attached hydrogen (secondary N) is 1. The smallest absolute Gasteiger partial charge is 0.330 e. The second-order valence-corrected chi connectivity index (χ2v) is 8.04. The molecule has 0 spiro atoms. The van der Waals surface area contributed by atoms with E-state index in [9.17, 15) is 14.4 Å². The number of hydrogen-bond donors (Lipinski definition) is 2. The zero-order valence-electron chi connectivity index (χ0n) is 20.4. The van der Waals surface area contributed by atoms with E-state index in [4.69, 9.17) is 15.2 Å². The van der Waals surface area contributed by atoms with Crippen LogP contribution in [0.3, 0.4) is 0 Å². The number of carbonyl (C=O) groups excluding carboxylic acids is 1. The van der Waals surface area contributed by atoms with E-state index >= 15 is 0 Å². The number of amides is 1. The quantitative estimate of drug-likeness (QED) is 0.435. The van der Waals surface area contributed by atoms with E-state index < -0.39 is 11.2 Å². The Hall–Kier alpha value is -4.01. The average molecular weight is 481 g/mol. The summed E-state index contributed by atoms with van der Waals surface area (Å²) in [5, 5.41) is 0. The summed E-state index contributed by atoms with van der Waals surface area (Å²) in [6.07, 6.45) is 1.55. The van der Waals surface area contributed by atoms with Crippen molar-refractivity contribution >= 4 is 17.4 Å². The van der Waals surface area contributed by atoms with Crippen molar-refractivity contribution < 1.29 is 14.3 Å². The first kappa shape index (κ1) is 25.6. The standard InChI is InChI=1S/C26H32N4O5/c1-4-6-15-29-24(27)23(25(32)28-26(29)33)30(17-19-9-7-8-10-21(19)34-3)22(31)16-18-11-13-20(14-12-18)35-5-2/h7-14H,4-6,15-17,27H2,1-3H3,(H,28,32,33). The van der Waals surface area contributed by atoms with Gasteiger partial charge in [0.1, 0.15) is 17.3 Å². The molecule has 0 atom stereocenters. The number of aromatic amines is 1. The maximum absolute atomic E-state index is 13.6. The topological polar surface area (TPSA) is 120 Å². The van der Waals surface area contributed by atoms with Gasteiger partial charge in [0, 0.05) is 12.1 Å². The molecule has 186 valence electrons. The maximum Gasteiger partial charge on any atom is 0.330 e. The summed E-state index contributed by atoms with van der Waals surface area (Å²) in [7, 11) is 1.54. The summed E-state index contributed by atoms with van der Waals surface area (Å²) in [5.41, 5.74) is 6.42. The highest BCUT2D eigenvalue weighted by molar-refractivity contribution is 5.96. The number of para-hydroxylation sites is 1. The van der Waals surface area contributed by atoms with Crippen LogP contribution < -0.4 is 31.4 Å². The third-order valence-electron chi connectivity index (χ3n) is 5.63. The van der Waals surface area contributed by atoms with Gasteiger partial charge < -0.3 is 15.2 Å². The van der Waals surface area contributed by atoms with Crippen LogP contribution in [0.25, 0.3) is 0 Å². The van der Waals surface area contributed by atoms with E-state index in [1.807, 2.05) is 32.0 Å². The van der Waals surface area contributed by atoms with E-state index in [0.29, 0.717) is 36.6 Å². The van der Waals surface area contributed by atoms with Gasteiger partial charge in [-0.2, -0.15) is 0 Å². The lowest BCUT2D eigenvalue weighted by atomic mass is 10.1. The Morgan fingerprint density at radius 1 is 1.09 bits per heavy atom. The van der Waals surface area contributed by atoms with E-state index in [2.05, 4.69) is 4.98 Å². The molecule has 0 bridgehead atoms. The fraction of sp³-hybridized carbons (Fsp3) is 0.346. The lowest BCUT2D eigenvalue weighted by molar-refractivity contribution is -0.118. The van der Waals surface area contributed by atoms with Crippen molar-refractivity contribution in [2.75, 3.05) is 24.4 Å². The summed E-state index contributed by atoms with van der Waals surface area (Å²) in [6, 6.07) is 14.4. The molecule has 3 rings (SSSR count). The maximum atomic E-state index is 13.6. The van der Waals surface area contributed by atoms with E-state index in [1.165, 1.54) is 16.6 Å². The molecule has 0 radical (unpaired) electrons. The zero-order valence-corrected chi connectivity index (χ0v) is 20.4. The highest BCUT2D eigenvalue weighted by Crippen LogP contribution is 2.25. The van der Waals surface area contributed by atoms with Crippen LogP contribution in [0.4, 0.5) is 11.5 Å².